The molecule has 2 aromatic carbocycles. The highest BCUT2D eigenvalue weighted by Crippen LogP contribution is 2.26. The Hall–Kier alpha value is -1.91. The van der Waals surface area contributed by atoms with Crippen molar-refractivity contribution >= 4 is 40.5 Å². The van der Waals surface area contributed by atoms with Gasteiger partial charge in [0, 0.05) is 5.02 Å². The Kier molecular flexibility index (Phi) is 4.94. The van der Waals surface area contributed by atoms with E-state index in [1.807, 2.05) is 13.0 Å². The molecule has 6 heteroatoms. The lowest BCUT2D eigenvalue weighted by Gasteiger charge is -2.11. The number of halogens is 2. The number of benzene rings is 2. The molecular weight excluding hydrogens is 311 g/mol. The molecule has 0 aliphatic carbocycles. The average molecular weight is 325 g/mol. The van der Waals surface area contributed by atoms with Crippen LogP contribution in [0.5, 0.6) is 5.75 Å². The molecule has 21 heavy (non-hydrogen) atoms. The van der Waals surface area contributed by atoms with Gasteiger partial charge in [0.1, 0.15) is 5.75 Å². The Labute approximate surface area is 132 Å². The van der Waals surface area contributed by atoms with Gasteiger partial charge in [0.2, 0.25) is 0 Å². The highest BCUT2D eigenvalue weighted by molar-refractivity contribution is 6.32. The van der Waals surface area contributed by atoms with Crippen molar-refractivity contribution in [3.8, 4) is 5.75 Å². The Morgan fingerprint density at radius 1 is 1.24 bits per heavy atom. The summed E-state index contributed by atoms with van der Waals surface area (Å²) >= 11 is 11.8. The maximum atomic E-state index is 11.9. The lowest BCUT2D eigenvalue weighted by molar-refractivity contribution is -0.118. The number of nitrogens with one attached hydrogen (secondary N) is 1. The zero-order valence-corrected chi connectivity index (χ0v) is 12.8. The summed E-state index contributed by atoms with van der Waals surface area (Å²) in [5.41, 5.74) is 7.63. The van der Waals surface area contributed by atoms with Crippen LogP contribution < -0.4 is 15.8 Å². The van der Waals surface area contributed by atoms with Gasteiger partial charge in [-0.1, -0.05) is 29.3 Å². The van der Waals surface area contributed by atoms with Crippen molar-refractivity contribution in [3.05, 3.63) is 52.0 Å². The van der Waals surface area contributed by atoms with Gasteiger partial charge in [-0.05, 0) is 42.8 Å². The highest BCUT2D eigenvalue weighted by Gasteiger charge is 2.08. The first kappa shape index (κ1) is 15.5. The van der Waals surface area contributed by atoms with Crippen molar-refractivity contribution in [3.63, 3.8) is 0 Å². The second kappa shape index (κ2) is 6.70. The van der Waals surface area contributed by atoms with Crippen LogP contribution in [0.3, 0.4) is 0 Å². The molecule has 110 valence electrons. The number of anilines is 2. The molecule has 0 heterocycles. The number of carbonyl (C=O) groups is 1. The smallest absolute Gasteiger partial charge is 0.262 e. The van der Waals surface area contributed by atoms with Crippen LogP contribution in [0, 0.1) is 6.92 Å². The number of aryl methyl sites for hydroxylation is 1. The summed E-state index contributed by atoms with van der Waals surface area (Å²) in [5.74, 6) is 0.118. The fourth-order valence-corrected chi connectivity index (χ4v) is 2.03. The quantitative estimate of drug-likeness (QED) is 0.838. The molecular formula is C15H14Cl2N2O2. The predicted octanol–water partition coefficient (Wildman–Crippen LogP) is 3.90. The largest absolute Gasteiger partial charge is 0.482 e. The third-order valence-corrected chi connectivity index (χ3v) is 3.28. The minimum absolute atomic E-state index is 0.172. The first-order chi connectivity index (χ1) is 9.95. The van der Waals surface area contributed by atoms with Crippen molar-refractivity contribution in [2.24, 2.45) is 0 Å². The van der Waals surface area contributed by atoms with Gasteiger partial charge in [0.05, 0.1) is 16.4 Å². The van der Waals surface area contributed by atoms with Crippen LogP contribution in [0.2, 0.25) is 10.0 Å². The maximum absolute atomic E-state index is 11.9. The van der Waals surface area contributed by atoms with Crippen molar-refractivity contribution in [1.29, 1.82) is 0 Å². The molecule has 0 aromatic heterocycles. The monoisotopic (exact) mass is 324 g/mol. The topological polar surface area (TPSA) is 64.3 Å². The molecule has 0 aliphatic rings. The summed E-state index contributed by atoms with van der Waals surface area (Å²) in [7, 11) is 0. The molecule has 0 saturated carbocycles. The van der Waals surface area contributed by atoms with E-state index < -0.39 is 0 Å². The van der Waals surface area contributed by atoms with Crippen LogP contribution >= 0.6 is 23.2 Å². The summed E-state index contributed by atoms with van der Waals surface area (Å²) in [4.78, 5) is 11.9. The molecule has 3 N–H and O–H groups in total. The molecule has 0 unspecified atom stereocenters. The SMILES string of the molecule is Cc1ccc(Cl)c(OCC(=O)Nc2cc(Cl)ccc2N)c1. The molecule has 0 bridgehead atoms. The Balaban J connectivity index is 1.99. The molecule has 0 fully saturated rings. The second-order valence-electron chi connectivity index (χ2n) is 4.50. The molecule has 4 nitrogen and oxygen atoms in total. The van der Waals surface area contributed by atoms with Crippen molar-refractivity contribution in [1.82, 2.24) is 0 Å². The van der Waals surface area contributed by atoms with Crippen molar-refractivity contribution < 1.29 is 9.53 Å². The van der Waals surface area contributed by atoms with Crippen LogP contribution in [0.25, 0.3) is 0 Å². The van der Waals surface area contributed by atoms with E-state index in [0.29, 0.717) is 27.2 Å². The molecule has 1 amide bonds. The molecule has 0 spiro atoms. The Morgan fingerprint density at radius 3 is 2.76 bits per heavy atom. The Bertz CT molecular complexity index is 675. The maximum Gasteiger partial charge on any atom is 0.262 e. The van der Waals surface area contributed by atoms with Gasteiger partial charge in [-0.3, -0.25) is 4.79 Å². The molecule has 0 saturated heterocycles. The summed E-state index contributed by atoms with van der Waals surface area (Å²) in [5, 5.41) is 3.58. The van der Waals surface area contributed by atoms with Crippen LogP contribution in [0.15, 0.2) is 36.4 Å². The lowest BCUT2D eigenvalue weighted by Crippen LogP contribution is -2.21. The third kappa shape index (κ3) is 4.28. The van der Waals surface area contributed by atoms with Crippen LogP contribution in [-0.2, 0) is 4.79 Å². The fraction of sp³-hybridized carbons (Fsp3) is 0.133. The van der Waals surface area contributed by atoms with Crippen molar-refractivity contribution in [2.75, 3.05) is 17.7 Å². The minimum Gasteiger partial charge on any atom is -0.482 e. The van der Waals surface area contributed by atoms with E-state index in [2.05, 4.69) is 5.32 Å². The van der Waals surface area contributed by atoms with Gasteiger partial charge in [-0.15, -0.1) is 0 Å². The summed E-state index contributed by atoms with van der Waals surface area (Å²) in [6.07, 6.45) is 0. The Morgan fingerprint density at radius 2 is 2.00 bits per heavy atom. The van der Waals surface area contributed by atoms with Gasteiger partial charge < -0.3 is 15.8 Å². The zero-order chi connectivity index (χ0) is 15.4. The van der Waals surface area contributed by atoms with Gasteiger partial charge in [0.25, 0.3) is 5.91 Å². The summed E-state index contributed by atoms with van der Waals surface area (Å²) in [6, 6.07) is 10.2. The molecule has 0 aliphatic heterocycles. The zero-order valence-electron chi connectivity index (χ0n) is 11.3. The van der Waals surface area contributed by atoms with Crippen LogP contribution in [0.4, 0.5) is 11.4 Å². The van der Waals surface area contributed by atoms with Gasteiger partial charge in [-0.2, -0.15) is 0 Å². The fourth-order valence-electron chi connectivity index (χ4n) is 1.69. The van der Waals surface area contributed by atoms with E-state index in [0.717, 1.165) is 5.56 Å². The number of amides is 1. The summed E-state index contributed by atoms with van der Waals surface area (Å²) in [6.45, 7) is 1.74. The molecule has 0 atom stereocenters. The van der Waals surface area contributed by atoms with Crippen LogP contribution in [-0.4, -0.2) is 12.5 Å². The van der Waals surface area contributed by atoms with Gasteiger partial charge in [-0.25, -0.2) is 0 Å². The molecule has 0 radical (unpaired) electrons. The van der Waals surface area contributed by atoms with E-state index >= 15 is 0 Å². The first-order valence-electron chi connectivity index (χ1n) is 6.19. The number of nitrogen functional groups attached to an aromatic ring is 1. The first-order valence-corrected chi connectivity index (χ1v) is 6.95. The standard InChI is InChI=1S/C15H14Cl2N2O2/c1-9-2-4-11(17)14(6-9)21-8-15(20)19-13-7-10(16)3-5-12(13)18/h2-7H,8,18H2,1H3,(H,19,20). The van der Waals surface area contributed by atoms with Crippen molar-refractivity contribution in [2.45, 2.75) is 6.92 Å². The van der Waals surface area contributed by atoms with Crippen LogP contribution in [0.1, 0.15) is 5.56 Å². The number of hydrogen-bond acceptors (Lipinski definition) is 3. The van der Waals surface area contributed by atoms with Gasteiger partial charge in [0.15, 0.2) is 6.61 Å². The van der Waals surface area contributed by atoms with E-state index in [-0.39, 0.29) is 12.5 Å². The number of nitrogens with two attached hydrogens (primary N) is 1. The number of carbonyl (C=O) groups excluding carboxylic acids is 1. The molecule has 2 aromatic rings. The van der Waals surface area contributed by atoms with E-state index in [4.69, 9.17) is 33.7 Å². The predicted molar refractivity (Wildman–Crippen MR) is 86.2 cm³/mol. The third-order valence-electron chi connectivity index (χ3n) is 2.73. The number of ether oxygens (including phenoxy) is 1. The normalized spacial score (nSPS) is 10.2. The molecule has 2 rings (SSSR count). The average Bonchev–Trinajstić information content (AvgIpc) is 2.44. The van der Waals surface area contributed by atoms with E-state index in [9.17, 15) is 4.79 Å². The minimum atomic E-state index is -0.346. The summed E-state index contributed by atoms with van der Waals surface area (Å²) < 4.78 is 5.40. The number of rotatable bonds is 4. The lowest BCUT2D eigenvalue weighted by atomic mass is 10.2. The van der Waals surface area contributed by atoms with Gasteiger partial charge >= 0.3 is 0 Å². The second-order valence-corrected chi connectivity index (χ2v) is 5.35. The van der Waals surface area contributed by atoms with E-state index in [1.165, 1.54) is 0 Å². The van der Waals surface area contributed by atoms with E-state index in [1.54, 1.807) is 30.3 Å². The number of hydrogen-bond donors (Lipinski definition) is 2. The highest BCUT2D eigenvalue weighted by atomic mass is 35.5.